The number of alkyl halides is 2. The molecular weight excluding hydrogens is 224 g/mol. The number of hydrogen-bond acceptors (Lipinski definition) is 2. The van der Waals surface area contributed by atoms with Gasteiger partial charge in [-0.1, -0.05) is 13.3 Å². The monoisotopic (exact) mass is 241 g/mol. The molecule has 3 nitrogen and oxygen atoms in total. The number of nitrogens with zero attached hydrogens (tertiary/aromatic N) is 1. The van der Waals surface area contributed by atoms with Crippen LogP contribution in [0.2, 0.25) is 0 Å². The van der Waals surface area contributed by atoms with Crippen molar-refractivity contribution in [2.45, 2.75) is 38.4 Å². The van der Waals surface area contributed by atoms with Crippen LogP contribution in [0, 0.1) is 5.92 Å². The zero-order chi connectivity index (χ0) is 11.5. The van der Waals surface area contributed by atoms with Crippen LogP contribution in [0.1, 0.15) is 32.6 Å². The maximum absolute atomic E-state index is 12.3. The minimum absolute atomic E-state index is 0.243. The van der Waals surface area contributed by atoms with Gasteiger partial charge in [-0.3, -0.25) is 0 Å². The van der Waals surface area contributed by atoms with Gasteiger partial charge < -0.3 is 0 Å². The van der Waals surface area contributed by atoms with Gasteiger partial charge in [-0.2, -0.15) is 13.1 Å². The van der Waals surface area contributed by atoms with Crippen molar-refractivity contribution in [2.24, 2.45) is 5.92 Å². The molecule has 15 heavy (non-hydrogen) atoms. The van der Waals surface area contributed by atoms with Crippen LogP contribution in [0.4, 0.5) is 8.78 Å². The van der Waals surface area contributed by atoms with Crippen LogP contribution in [0.25, 0.3) is 0 Å². The van der Waals surface area contributed by atoms with Crippen molar-refractivity contribution in [1.29, 1.82) is 0 Å². The van der Waals surface area contributed by atoms with E-state index in [-0.39, 0.29) is 19.0 Å². The van der Waals surface area contributed by atoms with E-state index in [1.807, 2.05) is 6.92 Å². The second kappa shape index (κ2) is 5.21. The summed E-state index contributed by atoms with van der Waals surface area (Å²) in [5, 5.41) is 0. The van der Waals surface area contributed by atoms with Gasteiger partial charge in [-0.15, -0.1) is 0 Å². The van der Waals surface area contributed by atoms with E-state index in [2.05, 4.69) is 0 Å². The molecule has 0 aromatic heterocycles. The highest BCUT2D eigenvalue weighted by molar-refractivity contribution is 7.89. The molecule has 0 amide bonds. The standard InChI is InChI=1S/C9H17F2NO2S/c1-2-4-8-5-3-6-12(7-8)15(13,14)9(10)11/h8-9H,2-7H2,1H3. The molecule has 1 rings (SSSR count). The summed E-state index contributed by atoms with van der Waals surface area (Å²) >= 11 is 0. The predicted octanol–water partition coefficient (Wildman–Crippen LogP) is 2.05. The van der Waals surface area contributed by atoms with Crippen LogP contribution >= 0.6 is 0 Å². The van der Waals surface area contributed by atoms with Gasteiger partial charge in [0.15, 0.2) is 0 Å². The van der Waals surface area contributed by atoms with E-state index in [0.29, 0.717) is 6.42 Å². The molecule has 90 valence electrons. The minimum Gasteiger partial charge on any atom is -0.206 e. The van der Waals surface area contributed by atoms with E-state index >= 15 is 0 Å². The Morgan fingerprint density at radius 2 is 2.13 bits per heavy atom. The molecule has 1 atom stereocenters. The van der Waals surface area contributed by atoms with Gasteiger partial charge in [-0.25, -0.2) is 8.42 Å². The first-order valence-electron chi connectivity index (χ1n) is 5.25. The summed E-state index contributed by atoms with van der Waals surface area (Å²) in [4.78, 5) is 0. The lowest BCUT2D eigenvalue weighted by molar-refractivity contribution is 0.198. The van der Waals surface area contributed by atoms with Crippen molar-refractivity contribution in [3.63, 3.8) is 0 Å². The zero-order valence-corrected chi connectivity index (χ0v) is 9.64. The lowest BCUT2D eigenvalue weighted by Gasteiger charge is -2.31. The zero-order valence-electron chi connectivity index (χ0n) is 8.83. The third kappa shape index (κ3) is 3.11. The van der Waals surface area contributed by atoms with Crippen molar-refractivity contribution in [3.8, 4) is 0 Å². The smallest absolute Gasteiger partial charge is 0.206 e. The minimum atomic E-state index is -4.35. The fraction of sp³-hybridized carbons (Fsp3) is 1.00. The highest BCUT2D eigenvalue weighted by atomic mass is 32.2. The van der Waals surface area contributed by atoms with Crippen molar-refractivity contribution in [2.75, 3.05) is 13.1 Å². The second-order valence-corrected chi connectivity index (χ2v) is 5.86. The van der Waals surface area contributed by atoms with Crippen LogP contribution in [-0.2, 0) is 10.0 Å². The molecule has 0 radical (unpaired) electrons. The number of rotatable bonds is 4. The van der Waals surface area contributed by atoms with E-state index in [4.69, 9.17) is 0 Å². The molecule has 0 aromatic rings. The van der Waals surface area contributed by atoms with Gasteiger partial charge in [0.05, 0.1) is 0 Å². The topological polar surface area (TPSA) is 37.4 Å². The molecule has 1 aliphatic heterocycles. The maximum Gasteiger partial charge on any atom is 0.350 e. The molecule has 6 heteroatoms. The summed E-state index contributed by atoms with van der Waals surface area (Å²) in [6, 6.07) is 0. The molecule has 1 unspecified atom stereocenters. The predicted molar refractivity (Wildman–Crippen MR) is 54.1 cm³/mol. The van der Waals surface area contributed by atoms with Gasteiger partial charge in [0.2, 0.25) is 0 Å². The van der Waals surface area contributed by atoms with Crippen molar-refractivity contribution in [1.82, 2.24) is 4.31 Å². The average molecular weight is 241 g/mol. The van der Waals surface area contributed by atoms with Gasteiger partial charge in [0, 0.05) is 13.1 Å². The summed E-state index contributed by atoms with van der Waals surface area (Å²) in [5.41, 5.74) is 0. The Labute approximate surface area is 89.5 Å². The first-order chi connectivity index (χ1) is 6.98. The van der Waals surface area contributed by atoms with E-state index in [1.165, 1.54) is 0 Å². The Hall–Kier alpha value is -0.230. The van der Waals surface area contributed by atoms with Crippen molar-refractivity contribution >= 4 is 10.0 Å². The number of piperidine rings is 1. The third-order valence-electron chi connectivity index (χ3n) is 2.76. The molecule has 1 saturated heterocycles. The van der Waals surface area contributed by atoms with E-state index in [0.717, 1.165) is 23.6 Å². The molecular formula is C9H17F2NO2S. The summed E-state index contributed by atoms with van der Waals surface area (Å²) in [6.45, 7) is 2.52. The third-order valence-corrected chi connectivity index (χ3v) is 4.27. The van der Waals surface area contributed by atoms with Crippen molar-refractivity contribution in [3.05, 3.63) is 0 Å². The Balaban J connectivity index is 2.64. The quantitative estimate of drug-likeness (QED) is 0.755. The van der Waals surface area contributed by atoms with Gasteiger partial charge in [0.1, 0.15) is 0 Å². The average Bonchev–Trinajstić information content (AvgIpc) is 2.18. The largest absolute Gasteiger partial charge is 0.350 e. The molecule has 1 aliphatic rings. The van der Waals surface area contributed by atoms with Gasteiger partial charge in [0.25, 0.3) is 10.0 Å². The highest BCUT2D eigenvalue weighted by Gasteiger charge is 2.35. The van der Waals surface area contributed by atoms with Crippen molar-refractivity contribution < 1.29 is 17.2 Å². The highest BCUT2D eigenvalue weighted by Crippen LogP contribution is 2.24. The Morgan fingerprint density at radius 3 is 2.67 bits per heavy atom. The molecule has 0 N–H and O–H groups in total. The molecule has 0 spiro atoms. The Bertz CT molecular complexity index is 290. The van der Waals surface area contributed by atoms with Crippen LogP contribution < -0.4 is 0 Å². The summed E-state index contributed by atoms with van der Waals surface area (Å²) in [7, 11) is -4.35. The summed E-state index contributed by atoms with van der Waals surface area (Å²) in [6.07, 6.45) is 3.52. The first-order valence-corrected chi connectivity index (χ1v) is 6.76. The van der Waals surface area contributed by atoms with Crippen LogP contribution in [0.15, 0.2) is 0 Å². The fourth-order valence-electron chi connectivity index (χ4n) is 2.01. The summed E-state index contributed by atoms with van der Waals surface area (Å²) in [5.74, 6) is -3.03. The van der Waals surface area contributed by atoms with Gasteiger partial charge >= 0.3 is 5.76 Å². The first kappa shape index (κ1) is 12.8. The molecule has 0 saturated carbocycles. The molecule has 1 fully saturated rings. The SMILES string of the molecule is CCCC1CCCN(S(=O)(=O)C(F)F)C1. The van der Waals surface area contributed by atoms with Gasteiger partial charge in [-0.05, 0) is 25.2 Å². The lowest BCUT2D eigenvalue weighted by atomic mass is 9.95. The normalized spacial score (nSPS) is 24.7. The van der Waals surface area contributed by atoms with Crippen LogP contribution in [-0.4, -0.2) is 31.6 Å². The maximum atomic E-state index is 12.3. The second-order valence-electron chi connectivity index (χ2n) is 3.96. The van der Waals surface area contributed by atoms with E-state index in [1.54, 1.807) is 0 Å². The number of hydrogen-bond donors (Lipinski definition) is 0. The molecule has 0 bridgehead atoms. The fourth-order valence-corrected chi connectivity index (χ4v) is 3.04. The molecule has 1 heterocycles. The lowest BCUT2D eigenvalue weighted by Crippen LogP contribution is -2.42. The van der Waals surface area contributed by atoms with Crippen LogP contribution in [0.5, 0.6) is 0 Å². The Morgan fingerprint density at radius 1 is 1.47 bits per heavy atom. The molecule has 0 aliphatic carbocycles. The summed E-state index contributed by atoms with van der Waals surface area (Å²) < 4.78 is 47.9. The van der Waals surface area contributed by atoms with Crippen LogP contribution in [0.3, 0.4) is 0 Å². The number of sulfonamides is 1. The molecule has 0 aromatic carbocycles. The van der Waals surface area contributed by atoms with E-state index in [9.17, 15) is 17.2 Å². The Kier molecular flexibility index (Phi) is 4.45. The van der Waals surface area contributed by atoms with E-state index < -0.39 is 15.8 Å². The number of halogens is 2.